The first-order valence-corrected chi connectivity index (χ1v) is 8.35. The van der Waals surface area contributed by atoms with E-state index in [-0.39, 0.29) is 23.9 Å². The van der Waals surface area contributed by atoms with Crippen molar-refractivity contribution >= 4 is 23.8 Å². The minimum atomic E-state index is -0.212. The second-order valence-corrected chi connectivity index (χ2v) is 6.45. The summed E-state index contributed by atoms with van der Waals surface area (Å²) in [6.45, 7) is 2.79. The molecule has 0 N–H and O–H groups in total. The van der Waals surface area contributed by atoms with Crippen LogP contribution >= 0.6 is 11.6 Å². The first-order valence-electron chi connectivity index (χ1n) is 7.97. The van der Waals surface area contributed by atoms with Crippen LogP contribution in [0.15, 0.2) is 24.3 Å². The van der Waals surface area contributed by atoms with Crippen LogP contribution in [0.4, 0.5) is 0 Å². The monoisotopic (exact) mass is 320 g/mol. The van der Waals surface area contributed by atoms with Crippen molar-refractivity contribution in [2.45, 2.75) is 44.7 Å². The van der Waals surface area contributed by atoms with Crippen molar-refractivity contribution < 1.29 is 9.59 Å². The molecule has 4 nitrogen and oxygen atoms in total. The van der Waals surface area contributed by atoms with Gasteiger partial charge in [0.1, 0.15) is 6.29 Å². The van der Waals surface area contributed by atoms with Crippen molar-refractivity contribution in [3.05, 3.63) is 34.9 Å². The maximum atomic E-state index is 12.3. The Morgan fingerprint density at radius 1 is 1.36 bits per heavy atom. The second-order valence-electron chi connectivity index (χ2n) is 6.04. The Bertz CT molecular complexity index is 578. The highest BCUT2D eigenvalue weighted by molar-refractivity contribution is 6.31. The largest absolute Gasteiger partial charge is 0.303 e. The molecular weight excluding hydrogens is 300 g/mol. The van der Waals surface area contributed by atoms with Crippen molar-refractivity contribution in [2.24, 2.45) is 5.92 Å². The van der Waals surface area contributed by atoms with Crippen LogP contribution in [0, 0.1) is 5.92 Å². The second kappa shape index (κ2) is 6.39. The maximum absolute atomic E-state index is 12.3. The summed E-state index contributed by atoms with van der Waals surface area (Å²) in [6.07, 6.45) is 4.47. The number of hydrazine groups is 1. The number of carbonyl (C=O) groups excluding carboxylic acids is 2. The van der Waals surface area contributed by atoms with E-state index in [2.05, 4.69) is 11.9 Å². The number of hydrogen-bond acceptors (Lipinski definition) is 3. The molecular formula is C17H21ClN2O2. The normalized spacial score (nSPS) is 28.2. The van der Waals surface area contributed by atoms with E-state index >= 15 is 0 Å². The van der Waals surface area contributed by atoms with Crippen molar-refractivity contribution in [1.29, 1.82) is 0 Å². The van der Waals surface area contributed by atoms with E-state index in [1.165, 1.54) is 0 Å². The predicted octanol–water partition coefficient (Wildman–Crippen LogP) is 3.22. The summed E-state index contributed by atoms with van der Waals surface area (Å²) in [7, 11) is 0. The van der Waals surface area contributed by atoms with Crippen molar-refractivity contribution in [3.8, 4) is 0 Å². The lowest BCUT2D eigenvalue weighted by atomic mass is 9.87. The topological polar surface area (TPSA) is 40.6 Å². The minimum Gasteiger partial charge on any atom is -0.303 e. The van der Waals surface area contributed by atoms with Crippen LogP contribution in [0.2, 0.25) is 5.02 Å². The molecule has 22 heavy (non-hydrogen) atoms. The number of benzene rings is 1. The molecule has 0 spiro atoms. The Morgan fingerprint density at radius 3 is 2.82 bits per heavy atom. The van der Waals surface area contributed by atoms with Crippen molar-refractivity contribution in [2.75, 3.05) is 6.54 Å². The Labute approximate surface area is 136 Å². The van der Waals surface area contributed by atoms with Crippen LogP contribution in [-0.2, 0) is 9.59 Å². The van der Waals surface area contributed by atoms with Gasteiger partial charge in [-0.1, -0.05) is 49.6 Å². The van der Waals surface area contributed by atoms with E-state index in [0.29, 0.717) is 18.0 Å². The Balaban J connectivity index is 2.00. The number of hydrogen-bond donors (Lipinski definition) is 0. The van der Waals surface area contributed by atoms with E-state index in [1.54, 1.807) is 0 Å². The lowest BCUT2D eigenvalue weighted by Crippen LogP contribution is -2.39. The molecule has 3 rings (SSSR count). The highest BCUT2D eigenvalue weighted by Crippen LogP contribution is 2.46. The molecule has 0 bridgehead atoms. The molecule has 5 heteroatoms. The molecule has 0 radical (unpaired) electrons. The van der Waals surface area contributed by atoms with Gasteiger partial charge in [0.15, 0.2) is 0 Å². The molecule has 2 saturated heterocycles. The Hall–Kier alpha value is -1.39. The fraction of sp³-hybridized carbons (Fsp3) is 0.529. The average molecular weight is 321 g/mol. The van der Waals surface area contributed by atoms with Crippen LogP contribution < -0.4 is 0 Å². The standard InChI is InChI=1S/C17H21ClN2O2/c1-2-3-8-15-13(11-21)17(12-6-4-5-7-14(12)18)19-10-9-16(22)20(15)19/h4-7,11,13,15,17H,2-3,8-10H2,1H3/t13-,15-,17+/m1/s1. The van der Waals surface area contributed by atoms with Gasteiger partial charge in [0, 0.05) is 18.0 Å². The molecule has 2 aliphatic heterocycles. The summed E-state index contributed by atoms with van der Waals surface area (Å²) in [5.41, 5.74) is 0.944. The SMILES string of the molecule is CCCC[C@@H]1[C@@H](C=O)[C@H](c2ccccc2Cl)N2CCC(=O)N12. The first-order chi connectivity index (χ1) is 10.7. The maximum Gasteiger partial charge on any atom is 0.238 e. The van der Waals surface area contributed by atoms with E-state index in [9.17, 15) is 9.59 Å². The van der Waals surface area contributed by atoms with Crippen molar-refractivity contribution in [1.82, 2.24) is 10.0 Å². The van der Waals surface area contributed by atoms with E-state index in [0.717, 1.165) is 31.1 Å². The number of rotatable bonds is 5. The lowest BCUT2D eigenvalue weighted by molar-refractivity contribution is -0.138. The Morgan fingerprint density at radius 2 is 2.14 bits per heavy atom. The van der Waals surface area contributed by atoms with Crippen LogP contribution in [0.1, 0.15) is 44.2 Å². The van der Waals surface area contributed by atoms with Gasteiger partial charge >= 0.3 is 0 Å². The van der Waals surface area contributed by atoms with E-state index in [1.807, 2.05) is 29.3 Å². The van der Waals surface area contributed by atoms with Crippen LogP contribution in [-0.4, -0.2) is 34.8 Å². The summed E-state index contributed by atoms with van der Waals surface area (Å²) in [5, 5.41) is 4.56. The summed E-state index contributed by atoms with van der Waals surface area (Å²) in [5.74, 6) is -0.0850. The van der Waals surface area contributed by atoms with Gasteiger partial charge in [0.2, 0.25) is 5.91 Å². The number of fused-ring (bicyclic) bond motifs is 1. The summed E-state index contributed by atoms with van der Waals surface area (Å²) in [6, 6.07) is 7.48. The third kappa shape index (κ3) is 2.44. The number of amides is 1. The molecule has 118 valence electrons. The molecule has 0 aliphatic carbocycles. The molecule has 2 fully saturated rings. The van der Waals surface area contributed by atoms with Gasteiger partial charge in [-0.15, -0.1) is 0 Å². The quantitative estimate of drug-likeness (QED) is 0.782. The third-order valence-electron chi connectivity index (χ3n) is 4.77. The average Bonchev–Trinajstić information content (AvgIpc) is 3.04. The molecule has 1 amide bonds. The van der Waals surface area contributed by atoms with Gasteiger partial charge < -0.3 is 4.79 Å². The van der Waals surface area contributed by atoms with Crippen LogP contribution in [0.3, 0.4) is 0 Å². The summed E-state index contributed by atoms with van der Waals surface area (Å²) >= 11 is 6.36. The summed E-state index contributed by atoms with van der Waals surface area (Å²) in [4.78, 5) is 24.1. The van der Waals surface area contributed by atoms with Gasteiger partial charge in [-0.2, -0.15) is 0 Å². The fourth-order valence-electron chi connectivity index (χ4n) is 3.77. The molecule has 2 aliphatic rings. The molecule has 2 heterocycles. The Kier molecular flexibility index (Phi) is 4.50. The lowest BCUT2D eigenvalue weighted by Gasteiger charge is -2.27. The number of halogens is 1. The zero-order chi connectivity index (χ0) is 15.7. The van der Waals surface area contributed by atoms with Gasteiger partial charge in [0.05, 0.1) is 18.0 Å². The van der Waals surface area contributed by atoms with Crippen molar-refractivity contribution in [3.63, 3.8) is 0 Å². The molecule has 0 saturated carbocycles. The van der Waals surface area contributed by atoms with Crippen LogP contribution in [0.25, 0.3) is 0 Å². The smallest absolute Gasteiger partial charge is 0.238 e. The predicted molar refractivity (Wildman–Crippen MR) is 85.2 cm³/mol. The number of carbonyl (C=O) groups is 2. The molecule has 0 aromatic heterocycles. The molecule has 0 unspecified atom stereocenters. The zero-order valence-corrected chi connectivity index (χ0v) is 13.5. The van der Waals surface area contributed by atoms with Gasteiger partial charge in [0.25, 0.3) is 0 Å². The van der Waals surface area contributed by atoms with Gasteiger partial charge in [-0.25, -0.2) is 5.01 Å². The van der Waals surface area contributed by atoms with E-state index < -0.39 is 0 Å². The van der Waals surface area contributed by atoms with Crippen LogP contribution in [0.5, 0.6) is 0 Å². The fourth-order valence-corrected chi connectivity index (χ4v) is 4.02. The summed E-state index contributed by atoms with van der Waals surface area (Å²) < 4.78 is 0. The first kappa shape index (κ1) is 15.5. The number of nitrogens with zero attached hydrogens (tertiary/aromatic N) is 2. The highest BCUT2D eigenvalue weighted by Gasteiger charge is 2.52. The zero-order valence-electron chi connectivity index (χ0n) is 12.7. The van der Waals surface area contributed by atoms with E-state index in [4.69, 9.17) is 11.6 Å². The van der Waals surface area contributed by atoms with Gasteiger partial charge in [-0.05, 0) is 18.1 Å². The molecule has 1 aromatic rings. The molecule has 1 aromatic carbocycles. The third-order valence-corrected chi connectivity index (χ3v) is 5.11. The van der Waals surface area contributed by atoms with Gasteiger partial charge in [-0.3, -0.25) is 9.80 Å². The number of aldehydes is 1. The molecule has 3 atom stereocenters. The number of unbranched alkanes of at least 4 members (excludes halogenated alkanes) is 1. The highest BCUT2D eigenvalue weighted by atomic mass is 35.5. The minimum absolute atomic E-state index is 0.0336.